The van der Waals surface area contributed by atoms with Gasteiger partial charge in [0.1, 0.15) is 30.8 Å². The summed E-state index contributed by atoms with van der Waals surface area (Å²) in [6, 6.07) is 15.9. The Morgan fingerprint density at radius 2 is 1.82 bits per heavy atom. The lowest BCUT2D eigenvalue weighted by molar-refractivity contribution is 0.297. The van der Waals surface area contributed by atoms with Crippen LogP contribution in [0.1, 0.15) is 11.3 Å². The summed E-state index contributed by atoms with van der Waals surface area (Å²) in [6.45, 7) is 3.37. The highest BCUT2D eigenvalue weighted by Crippen LogP contribution is 2.25. The van der Waals surface area contributed by atoms with Gasteiger partial charge in [0.2, 0.25) is 0 Å². The molecule has 0 N–H and O–H groups in total. The van der Waals surface area contributed by atoms with Crippen molar-refractivity contribution in [1.29, 1.82) is 0 Å². The first kappa shape index (κ1) is 17.8. The van der Waals surface area contributed by atoms with Crippen molar-refractivity contribution in [1.82, 2.24) is 19.4 Å². The van der Waals surface area contributed by atoms with Crippen molar-refractivity contribution in [2.45, 2.75) is 13.5 Å². The van der Waals surface area contributed by atoms with E-state index in [9.17, 15) is 0 Å². The van der Waals surface area contributed by atoms with Gasteiger partial charge in [-0.25, -0.2) is 4.68 Å². The molecule has 4 rings (SSSR count). The normalized spacial score (nSPS) is 11.4. The number of nitrogens with zero attached hydrogens (tertiary/aromatic N) is 5. The van der Waals surface area contributed by atoms with E-state index in [2.05, 4.69) is 38.9 Å². The number of aromatic nitrogens is 4. The summed E-state index contributed by atoms with van der Waals surface area (Å²) in [5.41, 5.74) is 3.36. The van der Waals surface area contributed by atoms with Gasteiger partial charge in [-0.1, -0.05) is 24.3 Å². The van der Waals surface area contributed by atoms with Gasteiger partial charge in [0.25, 0.3) is 0 Å². The van der Waals surface area contributed by atoms with E-state index < -0.39 is 0 Å². The predicted octanol–water partition coefficient (Wildman–Crippen LogP) is 3.51. The SMILES string of the molecule is COc1cccc(OCCn2c(C)c(C=Nn3cnnc3)c3ccccc32)c1. The monoisotopic (exact) mass is 375 g/mol. The molecule has 4 aromatic rings. The first-order valence-corrected chi connectivity index (χ1v) is 9.00. The Balaban J connectivity index is 1.57. The molecule has 7 nitrogen and oxygen atoms in total. The van der Waals surface area contributed by atoms with Crippen LogP contribution in [0.5, 0.6) is 11.5 Å². The highest BCUT2D eigenvalue weighted by atomic mass is 16.5. The van der Waals surface area contributed by atoms with Crippen molar-refractivity contribution in [3.05, 3.63) is 72.4 Å². The van der Waals surface area contributed by atoms with Gasteiger partial charge in [0.15, 0.2) is 0 Å². The maximum absolute atomic E-state index is 5.93. The van der Waals surface area contributed by atoms with E-state index in [0.29, 0.717) is 6.61 Å². The average molecular weight is 375 g/mol. The summed E-state index contributed by atoms with van der Waals surface area (Å²) >= 11 is 0. The van der Waals surface area contributed by atoms with E-state index >= 15 is 0 Å². The van der Waals surface area contributed by atoms with Crippen molar-refractivity contribution < 1.29 is 9.47 Å². The summed E-state index contributed by atoms with van der Waals surface area (Å²) in [7, 11) is 1.65. The molecule has 0 spiro atoms. The molecule has 0 aliphatic heterocycles. The van der Waals surface area contributed by atoms with Crippen LogP contribution in [-0.4, -0.2) is 39.4 Å². The first-order chi connectivity index (χ1) is 13.8. The molecule has 2 heterocycles. The summed E-state index contributed by atoms with van der Waals surface area (Å²) in [6.07, 6.45) is 4.97. The molecule has 7 heteroatoms. The van der Waals surface area contributed by atoms with Crippen LogP contribution in [0.3, 0.4) is 0 Å². The lowest BCUT2D eigenvalue weighted by atomic mass is 10.1. The Hall–Kier alpha value is -3.61. The number of rotatable bonds is 7. The van der Waals surface area contributed by atoms with Gasteiger partial charge in [-0.2, -0.15) is 5.10 Å². The Bertz CT molecular complexity index is 1100. The van der Waals surface area contributed by atoms with Crippen LogP contribution < -0.4 is 9.47 Å². The highest BCUT2D eigenvalue weighted by molar-refractivity contribution is 6.01. The van der Waals surface area contributed by atoms with Crippen LogP contribution in [0, 0.1) is 6.92 Å². The summed E-state index contributed by atoms with van der Waals surface area (Å²) in [5, 5.41) is 13.1. The van der Waals surface area contributed by atoms with Gasteiger partial charge in [-0.05, 0) is 25.1 Å². The fourth-order valence-electron chi connectivity index (χ4n) is 3.23. The van der Waals surface area contributed by atoms with Crippen LogP contribution in [0.25, 0.3) is 10.9 Å². The molecule has 142 valence electrons. The lowest BCUT2D eigenvalue weighted by Crippen LogP contribution is -2.09. The third kappa shape index (κ3) is 3.59. The molecule has 0 amide bonds. The van der Waals surface area contributed by atoms with Gasteiger partial charge < -0.3 is 14.0 Å². The molecule has 0 atom stereocenters. The van der Waals surface area contributed by atoms with Crippen molar-refractivity contribution in [3.8, 4) is 11.5 Å². The Morgan fingerprint density at radius 1 is 1.04 bits per heavy atom. The van der Waals surface area contributed by atoms with Crippen LogP contribution in [0.15, 0.2) is 66.3 Å². The van der Waals surface area contributed by atoms with Gasteiger partial charge >= 0.3 is 0 Å². The zero-order valence-corrected chi connectivity index (χ0v) is 15.8. The second-order valence-electron chi connectivity index (χ2n) is 6.28. The minimum Gasteiger partial charge on any atom is -0.497 e. The van der Waals surface area contributed by atoms with E-state index in [4.69, 9.17) is 9.47 Å². The summed E-state index contributed by atoms with van der Waals surface area (Å²) in [4.78, 5) is 0. The molecule has 0 saturated heterocycles. The second-order valence-corrected chi connectivity index (χ2v) is 6.28. The smallest absolute Gasteiger partial charge is 0.141 e. The Morgan fingerprint density at radius 3 is 2.64 bits per heavy atom. The third-order valence-electron chi connectivity index (χ3n) is 4.63. The molecule has 0 aliphatic carbocycles. The standard InChI is InChI=1S/C21H21N5O2/c1-16-20(13-24-25-14-22-23-15-25)19-8-3-4-9-21(19)26(16)10-11-28-18-7-5-6-17(12-18)27-2/h3-9,12-15H,10-11H2,1-2H3. The fraction of sp³-hybridized carbons (Fsp3) is 0.190. The predicted molar refractivity (Wildman–Crippen MR) is 108 cm³/mol. The van der Waals surface area contributed by atoms with Crippen LogP contribution in [-0.2, 0) is 6.54 Å². The molecular weight excluding hydrogens is 354 g/mol. The van der Waals surface area contributed by atoms with Crippen molar-refractivity contribution in [3.63, 3.8) is 0 Å². The van der Waals surface area contributed by atoms with E-state index in [0.717, 1.165) is 40.2 Å². The molecule has 28 heavy (non-hydrogen) atoms. The van der Waals surface area contributed by atoms with Crippen LogP contribution in [0.2, 0.25) is 0 Å². The fourth-order valence-corrected chi connectivity index (χ4v) is 3.23. The maximum Gasteiger partial charge on any atom is 0.141 e. The molecule has 2 aromatic carbocycles. The minimum atomic E-state index is 0.550. The molecule has 0 radical (unpaired) electrons. The van der Waals surface area contributed by atoms with E-state index in [1.807, 2.05) is 42.6 Å². The highest BCUT2D eigenvalue weighted by Gasteiger charge is 2.12. The number of methoxy groups -OCH3 is 1. The summed E-state index contributed by atoms with van der Waals surface area (Å²) < 4.78 is 15.0. The minimum absolute atomic E-state index is 0.550. The van der Waals surface area contributed by atoms with Crippen molar-refractivity contribution >= 4 is 17.1 Å². The van der Waals surface area contributed by atoms with Crippen molar-refractivity contribution in [2.24, 2.45) is 5.10 Å². The number of hydrogen-bond acceptors (Lipinski definition) is 5. The Labute approximate surface area is 162 Å². The van der Waals surface area contributed by atoms with E-state index in [1.54, 1.807) is 24.4 Å². The van der Waals surface area contributed by atoms with Gasteiger partial charge in [-0.3, -0.25) is 0 Å². The zero-order valence-electron chi connectivity index (χ0n) is 15.8. The summed E-state index contributed by atoms with van der Waals surface area (Å²) in [5.74, 6) is 1.58. The third-order valence-corrected chi connectivity index (χ3v) is 4.63. The van der Waals surface area contributed by atoms with Gasteiger partial charge in [0, 0.05) is 28.2 Å². The Kier molecular flexibility index (Phi) is 5.05. The molecule has 0 bridgehead atoms. The quantitative estimate of drug-likeness (QED) is 0.464. The number of hydrogen-bond donors (Lipinski definition) is 0. The lowest BCUT2D eigenvalue weighted by Gasteiger charge is -2.11. The van der Waals surface area contributed by atoms with Crippen LogP contribution >= 0.6 is 0 Å². The molecule has 0 fully saturated rings. The molecule has 2 aromatic heterocycles. The van der Waals surface area contributed by atoms with E-state index in [1.165, 1.54) is 0 Å². The topological polar surface area (TPSA) is 66.5 Å². The van der Waals surface area contributed by atoms with Gasteiger partial charge in [0.05, 0.1) is 19.9 Å². The first-order valence-electron chi connectivity index (χ1n) is 9.00. The number of benzene rings is 2. The number of ether oxygens (including phenoxy) is 2. The molecular formula is C21H21N5O2. The average Bonchev–Trinajstić information content (AvgIpc) is 3.34. The van der Waals surface area contributed by atoms with Crippen LogP contribution in [0.4, 0.5) is 0 Å². The number of fused-ring (bicyclic) bond motifs is 1. The molecule has 0 unspecified atom stereocenters. The van der Waals surface area contributed by atoms with Crippen molar-refractivity contribution in [2.75, 3.05) is 13.7 Å². The second kappa shape index (κ2) is 7.96. The van der Waals surface area contributed by atoms with E-state index in [-0.39, 0.29) is 0 Å². The zero-order chi connectivity index (χ0) is 19.3. The molecule has 0 aliphatic rings. The number of para-hydroxylation sites is 1. The maximum atomic E-state index is 5.93. The van der Waals surface area contributed by atoms with Gasteiger partial charge in [-0.15, -0.1) is 10.2 Å². The largest absolute Gasteiger partial charge is 0.497 e. The molecule has 0 saturated carbocycles.